The van der Waals surface area contributed by atoms with Gasteiger partial charge in [-0.15, -0.1) is 0 Å². The van der Waals surface area contributed by atoms with Crippen molar-refractivity contribution in [3.8, 4) is 0 Å². The fraction of sp³-hybridized carbons (Fsp3) is 0.600. The minimum Gasteiger partial charge on any atom is -0.480 e. The highest BCUT2D eigenvalue weighted by Gasteiger charge is 2.42. The average Bonchev–Trinajstić information content (AvgIpc) is 1.93. The molecule has 0 aromatic rings. The molecule has 0 unspecified atom stereocenters. The molecule has 0 saturated heterocycles. The first-order chi connectivity index (χ1) is 7.85. The molecule has 0 spiro atoms. The van der Waals surface area contributed by atoms with Crippen LogP contribution in [0.3, 0.4) is 0 Å². The summed E-state index contributed by atoms with van der Waals surface area (Å²) in [7, 11) is -10.9. The molecule has 13 heteroatoms. The lowest BCUT2D eigenvalue weighted by atomic mass is 10.5. The SMILES string of the molecule is O=C(O)CN(CC(=O)O)C(S(=O)(=O)O)S(=O)(=O)O. The highest BCUT2D eigenvalue weighted by atomic mass is 32.3. The number of nitrogens with zero attached hydrogens (tertiary/aromatic N) is 1. The summed E-state index contributed by atoms with van der Waals surface area (Å²) >= 11 is 0. The lowest BCUT2D eigenvalue weighted by molar-refractivity contribution is -0.141. The molecule has 0 aliphatic carbocycles. The molecule has 0 aliphatic rings. The van der Waals surface area contributed by atoms with Gasteiger partial charge in [-0.05, 0) is 0 Å². The molecule has 0 aliphatic heterocycles. The van der Waals surface area contributed by atoms with Crippen LogP contribution in [0.15, 0.2) is 0 Å². The summed E-state index contributed by atoms with van der Waals surface area (Å²) in [5.74, 6) is -3.51. The normalized spacial score (nSPS) is 12.9. The Kier molecular flexibility index (Phi) is 5.18. The molecular formula is C5H9NO10S2. The summed E-state index contributed by atoms with van der Waals surface area (Å²) in [6.07, 6.45) is 0. The highest BCUT2D eigenvalue weighted by Crippen LogP contribution is 2.12. The first-order valence-corrected chi connectivity index (χ1v) is 6.96. The molecule has 0 bridgehead atoms. The van der Waals surface area contributed by atoms with Crippen molar-refractivity contribution >= 4 is 32.2 Å². The molecule has 0 heterocycles. The van der Waals surface area contributed by atoms with Crippen LogP contribution < -0.4 is 0 Å². The largest absolute Gasteiger partial charge is 0.480 e. The van der Waals surface area contributed by atoms with Crippen molar-refractivity contribution in [1.29, 1.82) is 0 Å². The van der Waals surface area contributed by atoms with Crippen molar-refractivity contribution in [1.82, 2.24) is 4.90 Å². The smallest absolute Gasteiger partial charge is 0.317 e. The van der Waals surface area contributed by atoms with Gasteiger partial charge in [-0.25, -0.2) is 4.90 Å². The average molecular weight is 307 g/mol. The summed E-state index contributed by atoms with van der Waals surface area (Å²) < 4.78 is 57.2. The second kappa shape index (κ2) is 5.57. The maximum absolute atomic E-state index is 10.8. The van der Waals surface area contributed by atoms with Crippen molar-refractivity contribution in [3.05, 3.63) is 0 Å². The van der Waals surface area contributed by atoms with Crippen molar-refractivity contribution in [2.24, 2.45) is 0 Å². The third-order valence-corrected chi connectivity index (χ3v) is 4.56. The number of rotatable bonds is 7. The van der Waals surface area contributed by atoms with Crippen molar-refractivity contribution in [2.45, 2.75) is 4.71 Å². The van der Waals surface area contributed by atoms with Crippen LogP contribution in [0, 0.1) is 0 Å². The monoisotopic (exact) mass is 307 g/mol. The quantitative estimate of drug-likeness (QED) is 0.364. The molecular weight excluding hydrogens is 298 g/mol. The number of aliphatic carboxylic acids is 2. The molecule has 18 heavy (non-hydrogen) atoms. The molecule has 0 radical (unpaired) electrons. The zero-order valence-corrected chi connectivity index (χ0v) is 10.1. The van der Waals surface area contributed by atoms with Crippen LogP contribution in [0.25, 0.3) is 0 Å². The van der Waals surface area contributed by atoms with Gasteiger partial charge >= 0.3 is 11.9 Å². The number of carboxylic acids is 2. The lowest BCUT2D eigenvalue weighted by Crippen LogP contribution is -2.50. The van der Waals surface area contributed by atoms with E-state index in [1.54, 1.807) is 0 Å². The zero-order chi connectivity index (χ0) is 14.7. The van der Waals surface area contributed by atoms with Gasteiger partial charge in [0.2, 0.25) is 0 Å². The van der Waals surface area contributed by atoms with Crippen molar-refractivity contribution in [3.63, 3.8) is 0 Å². The Balaban J connectivity index is 5.63. The molecule has 0 rings (SSSR count). The number of carbonyl (C=O) groups is 2. The Morgan fingerprint density at radius 3 is 1.33 bits per heavy atom. The Labute approximate surface area is 101 Å². The molecule has 11 nitrogen and oxygen atoms in total. The van der Waals surface area contributed by atoms with Crippen LogP contribution >= 0.6 is 0 Å². The predicted molar refractivity (Wildman–Crippen MR) is 53.7 cm³/mol. The van der Waals surface area contributed by atoms with E-state index < -0.39 is 50.0 Å². The highest BCUT2D eigenvalue weighted by molar-refractivity contribution is 8.03. The molecule has 106 valence electrons. The molecule has 0 saturated carbocycles. The predicted octanol–water partition coefficient (Wildman–Crippen LogP) is -2.48. The van der Waals surface area contributed by atoms with Crippen LogP contribution in [-0.2, 0) is 29.8 Å². The fourth-order valence-electron chi connectivity index (χ4n) is 1.08. The first-order valence-electron chi connectivity index (χ1n) is 3.96. The summed E-state index contributed by atoms with van der Waals surface area (Å²) in [5.41, 5.74) is 0. The third kappa shape index (κ3) is 5.37. The summed E-state index contributed by atoms with van der Waals surface area (Å²) in [5, 5.41) is 16.8. The van der Waals surface area contributed by atoms with Crippen LogP contribution in [0.2, 0.25) is 0 Å². The lowest BCUT2D eigenvalue weighted by Gasteiger charge is -2.23. The first kappa shape index (κ1) is 16.7. The van der Waals surface area contributed by atoms with Gasteiger partial charge in [0, 0.05) is 0 Å². The minimum atomic E-state index is -5.45. The summed E-state index contributed by atoms with van der Waals surface area (Å²) in [6.45, 7) is -2.67. The topological polar surface area (TPSA) is 187 Å². The van der Waals surface area contributed by atoms with Gasteiger partial charge in [0.1, 0.15) is 0 Å². The Morgan fingerprint density at radius 1 is 0.889 bits per heavy atom. The van der Waals surface area contributed by atoms with Gasteiger partial charge in [-0.1, -0.05) is 0 Å². The maximum atomic E-state index is 10.8. The van der Waals surface area contributed by atoms with Gasteiger partial charge in [-0.3, -0.25) is 18.7 Å². The molecule has 0 aromatic carbocycles. The van der Waals surface area contributed by atoms with Crippen molar-refractivity contribution in [2.75, 3.05) is 13.1 Å². The van der Waals surface area contributed by atoms with Crippen molar-refractivity contribution < 1.29 is 45.7 Å². The van der Waals surface area contributed by atoms with Crippen LogP contribution in [0.1, 0.15) is 0 Å². The van der Waals surface area contributed by atoms with E-state index in [0.29, 0.717) is 0 Å². The van der Waals surface area contributed by atoms with Gasteiger partial charge in [0.05, 0.1) is 13.1 Å². The van der Waals surface area contributed by atoms with Crippen LogP contribution in [0.4, 0.5) is 0 Å². The fourth-order valence-corrected chi connectivity index (χ4v) is 3.36. The second-order valence-corrected chi connectivity index (χ2v) is 6.28. The van der Waals surface area contributed by atoms with E-state index in [1.807, 2.05) is 0 Å². The molecule has 0 aromatic heterocycles. The zero-order valence-electron chi connectivity index (χ0n) is 8.49. The van der Waals surface area contributed by atoms with Crippen LogP contribution in [-0.4, -0.2) is 70.8 Å². The molecule has 0 amide bonds. The van der Waals surface area contributed by atoms with E-state index in [4.69, 9.17) is 19.3 Å². The van der Waals surface area contributed by atoms with E-state index in [9.17, 15) is 26.4 Å². The van der Waals surface area contributed by atoms with Gasteiger partial charge in [-0.2, -0.15) is 16.8 Å². The van der Waals surface area contributed by atoms with E-state index in [1.165, 1.54) is 0 Å². The van der Waals surface area contributed by atoms with Crippen LogP contribution in [0.5, 0.6) is 0 Å². The van der Waals surface area contributed by atoms with Gasteiger partial charge < -0.3 is 10.2 Å². The molecule has 0 fully saturated rings. The van der Waals surface area contributed by atoms with Gasteiger partial charge in [0.25, 0.3) is 24.9 Å². The Bertz CT molecular complexity index is 485. The van der Waals surface area contributed by atoms with Gasteiger partial charge in [0.15, 0.2) is 0 Å². The number of hydrogen-bond acceptors (Lipinski definition) is 7. The Hall–Kier alpha value is -1.28. The van der Waals surface area contributed by atoms with E-state index in [0.717, 1.165) is 0 Å². The van der Waals surface area contributed by atoms with E-state index >= 15 is 0 Å². The van der Waals surface area contributed by atoms with E-state index in [2.05, 4.69) is 0 Å². The number of carboxylic acid groups (broad SMARTS) is 2. The van der Waals surface area contributed by atoms with E-state index in [-0.39, 0.29) is 4.90 Å². The summed E-state index contributed by atoms with van der Waals surface area (Å²) in [6, 6.07) is 0. The third-order valence-electron chi connectivity index (χ3n) is 1.48. The molecule has 4 N–H and O–H groups in total. The second-order valence-electron chi connectivity index (χ2n) is 3.03. The maximum Gasteiger partial charge on any atom is 0.317 e. The Morgan fingerprint density at radius 2 is 1.17 bits per heavy atom. The summed E-state index contributed by atoms with van der Waals surface area (Å²) in [4.78, 5) is 20.6. The standard InChI is InChI=1S/C5H9NO10S2/c7-3(8)1-6(2-4(9)10)5(17(11,12)13)18(14,15)16/h5H,1-2H2,(H,7,8)(H,9,10)(H,11,12,13)(H,14,15,16). The minimum absolute atomic E-state index is 0.144. The molecule has 0 atom stereocenters. The number of hydrogen-bond donors (Lipinski definition) is 4.